The highest BCUT2D eigenvalue weighted by Crippen LogP contribution is 2.28. The number of carbonyl (C=O) groups excluding carboxylic acids is 2. The number of methoxy groups -OCH3 is 1. The summed E-state index contributed by atoms with van der Waals surface area (Å²) in [7, 11) is 1.46. The van der Waals surface area contributed by atoms with Crippen molar-refractivity contribution < 1.29 is 14.3 Å². The Morgan fingerprint density at radius 3 is 2.79 bits per heavy atom. The van der Waals surface area contributed by atoms with Crippen LogP contribution in [0, 0.1) is 0 Å². The van der Waals surface area contributed by atoms with Crippen molar-refractivity contribution in [3.63, 3.8) is 0 Å². The Bertz CT molecular complexity index is 889. The normalized spacial score (nSPS) is 13.3. The van der Waals surface area contributed by atoms with Crippen LogP contribution in [0.15, 0.2) is 29.1 Å². The number of ketones is 1. The summed E-state index contributed by atoms with van der Waals surface area (Å²) < 4.78 is 5.16. The number of H-pyrrole nitrogens is 1. The fourth-order valence-electron chi connectivity index (χ4n) is 2.71. The summed E-state index contributed by atoms with van der Waals surface area (Å²) >= 11 is 5.93. The van der Waals surface area contributed by atoms with Gasteiger partial charge in [-0.05, 0) is 37.1 Å². The number of rotatable bonds is 3. The molecule has 0 atom stereocenters. The third-order valence-electron chi connectivity index (χ3n) is 3.91. The Labute approximate surface area is 142 Å². The summed E-state index contributed by atoms with van der Waals surface area (Å²) in [5, 5.41) is 3.02. The zero-order valence-corrected chi connectivity index (χ0v) is 13.7. The van der Waals surface area contributed by atoms with Crippen LogP contribution >= 0.6 is 11.6 Å². The third-order valence-corrected chi connectivity index (χ3v) is 4.14. The van der Waals surface area contributed by atoms with Crippen LogP contribution in [0.3, 0.4) is 0 Å². The molecule has 3 rings (SSSR count). The fourth-order valence-corrected chi connectivity index (χ4v) is 2.88. The quantitative estimate of drug-likeness (QED) is 0.894. The van der Waals surface area contributed by atoms with Crippen LogP contribution in [-0.2, 0) is 6.42 Å². The van der Waals surface area contributed by atoms with Crippen molar-refractivity contribution in [3.8, 4) is 5.75 Å². The number of fused-ring (bicyclic) bond motifs is 1. The number of aryl methyl sites for hydroxylation is 1. The van der Waals surface area contributed by atoms with E-state index in [0.717, 1.165) is 0 Å². The maximum atomic E-state index is 12.5. The predicted molar refractivity (Wildman–Crippen MR) is 90.3 cm³/mol. The molecule has 1 aliphatic rings. The molecule has 2 N–H and O–H groups in total. The number of pyridine rings is 1. The van der Waals surface area contributed by atoms with E-state index < -0.39 is 11.5 Å². The molecule has 0 unspecified atom stereocenters. The average molecular weight is 347 g/mol. The van der Waals surface area contributed by atoms with Crippen molar-refractivity contribution >= 4 is 29.0 Å². The molecule has 1 aliphatic carbocycles. The molecule has 7 heteroatoms. The summed E-state index contributed by atoms with van der Waals surface area (Å²) in [6.45, 7) is 0. The minimum Gasteiger partial charge on any atom is -0.495 e. The Morgan fingerprint density at radius 2 is 2.04 bits per heavy atom. The molecule has 0 saturated carbocycles. The molecular weight excluding hydrogens is 332 g/mol. The smallest absolute Gasteiger partial charge is 0.261 e. The van der Waals surface area contributed by atoms with Crippen LogP contribution in [-0.4, -0.2) is 23.8 Å². The van der Waals surface area contributed by atoms with Crippen molar-refractivity contribution in [1.29, 1.82) is 0 Å². The van der Waals surface area contributed by atoms with Crippen molar-refractivity contribution in [3.05, 3.63) is 56.5 Å². The fraction of sp³-hybridized carbons (Fsp3) is 0.235. The molecule has 6 nitrogen and oxygen atoms in total. The van der Waals surface area contributed by atoms with E-state index in [9.17, 15) is 14.4 Å². The zero-order chi connectivity index (χ0) is 17.3. The van der Waals surface area contributed by atoms with Gasteiger partial charge in [0, 0.05) is 22.7 Å². The van der Waals surface area contributed by atoms with Gasteiger partial charge in [0.15, 0.2) is 5.78 Å². The monoisotopic (exact) mass is 346 g/mol. The molecule has 124 valence electrons. The van der Waals surface area contributed by atoms with Crippen molar-refractivity contribution in [1.82, 2.24) is 4.98 Å². The van der Waals surface area contributed by atoms with Crippen molar-refractivity contribution in [2.75, 3.05) is 12.4 Å². The molecule has 0 saturated heterocycles. The van der Waals surface area contributed by atoms with E-state index in [1.165, 1.54) is 19.2 Å². The molecule has 1 heterocycles. The maximum Gasteiger partial charge on any atom is 0.261 e. The second-order valence-electron chi connectivity index (χ2n) is 5.48. The summed E-state index contributed by atoms with van der Waals surface area (Å²) in [4.78, 5) is 39.3. The summed E-state index contributed by atoms with van der Waals surface area (Å²) in [5.41, 5.74) is 0.698. The van der Waals surface area contributed by atoms with E-state index in [-0.39, 0.29) is 11.3 Å². The lowest BCUT2D eigenvalue weighted by Crippen LogP contribution is -2.27. The van der Waals surface area contributed by atoms with E-state index in [4.69, 9.17) is 16.3 Å². The lowest BCUT2D eigenvalue weighted by Gasteiger charge is -2.15. The second-order valence-corrected chi connectivity index (χ2v) is 5.92. The number of benzene rings is 1. The largest absolute Gasteiger partial charge is 0.495 e. The number of Topliss-reactive ketones (excluding diaryl/α,β-unsaturated/α-hetero) is 1. The first-order chi connectivity index (χ1) is 11.5. The number of carbonyl (C=O) groups is 2. The first kappa shape index (κ1) is 16.3. The molecule has 0 spiro atoms. The Hall–Kier alpha value is -2.60. The van der Waals surface area contributed by atoms with Crippen LogP contribution in [0.2, 0.25) is 5.02 Å². The number of hydrogen-bond acceptors (Lipinski definition) is 4. The van der Waals surface area contributed by atoms with Gasteiger partial charge in [-0.3, -0.25) is 14.4 Å². The zero-order valence-electron chi connectivity index (χ0n) is 12.9. The van der Waals surface area contributed by atoms with E-state index in [0.29, 0.717) is 47.0 Å². The molecule has 1 amide bonds. The van der Waals surface area contributed by atoms with Gasteiger partial charge in [-0.25, -0.2) is 0 Å². The standard InChI is InChI=1S/C17H15ClN2O4/c1-24-15-6-5-9(18)7-13(15)20-17(23)11-8-10-12(19-16(11)22)3-2-4-14(10)21/h5-8H,2-4H2,1H3,(H,19,22)(H,20,23). The number of ether oxygens (including phenoxy) is 1. The van der Waals surface area contributed by atoms with Crippen LogP contribution in [0.25, 0.3) is 0 Å². The van der Waals surface area contributed by atoms with E-state index in [1.54, 1.807) is 12.1 Å². The first-order valence-corrected chi connectivity index (χ1v) is 7.81. The van der Waals surface area contributed by atoms with Crippen LogP contribution in [0.5, 0.6) is 5.75 Å². The summed E-state index contributed by atoms with van der Waals surface area (Å²) in [6, 6.07) is 6.12. The van der Waals surface area contributed by atoms with E-state index in [2.05, 4.69) is 10.3 Å². The second kappa shape index (κ2) is 6.49. The molecule has 2 aromatic rings. The highest BCUT2D eigenvalue weighted by atomic mass is 35.5. The Morgan fingerprint density at radius 1 is 1.25 bits per heavy atom. The van der Waals surface area contributed by atoms with E-state index >= 15 is 0 Å². The van der Waals surface area contributed by atoms with E-state index in [1.807, 2.05) is 0 Å². The van der Waals surface area contributed by atoms with Gasteiger partial charge >= 0.3 is 0 Å². The summed E-state index contributed by atoms with van der Waals surface area (Å²) in [6.07, 6.45) is 1.75. The highest BCUT2D eigenvalue weighted by molar-refractivity contribution is 6.31. The molecule has 24 heavy (non-hydrogen) atoms. The summed E-state index contributed by atoms with van der Waals surface area (Å²) in [5.74, 6) is -0.280. The predicted octanol–water partition coefficient (Wildman–Crippen LogP) is 2.81. The Kier molecular flexibility index (Phi) is 4.40. The van der Waals surface area contributed by atoms with Gasteiger partial charge in [0.2, 0.25) is 0 Å². The minimum atomic E-state index is -0.627. The number of aromatic amines is 1. The van der Waals surface area contributed by atoms with Crippen LogP contribution in [0.1, 0.15) is 39.3 Å². The van der Waals surface area contributed by atoms with Crippen LogP contribution < -0.4 is 15.6 Å². The van der Waals surface area contributed by atoms with Gasteiger partial charge in [0.05, 0.1) is 12.8 Å². The maximum absolute atomic E-state index is 12.5. The molecule has 1 aromatic carbocycles. The molecule has 0 bridgehead atoms. The number of anilines is 1. The first-order valence-electron chi connectivity index (χ1n) is 7.44. The molecule has 1 aromatic heterocycles. The number of amides is 1. The lowest BCUT2D eigenvalue weighted by atomic mass is 9.93. The van der Waals surface area contributed by atoms with Gasteiger partial charge in [-0.2, -0.15) is 0 Å². The van der Waals surface area contributed by atoms with Gasteiger partial charge in [0.25, 0.3) is 11.5 Å². The number of aromatic nitrogens is 1. The minimum absolute atomic E-state index is 0.0677. The molecule has 0 fully saturated rings. The van der Waals surface area contributed by atoms with Crippen molar-refractivity contribution in [2.24, 2.45) is 0 Å². The van der Waals surface area contributed by atoms with Gasteiger partial charge < -0.3 is 15.0 Å². The number of nitrogens with one attached hydrogen (secondary N) is 2. The molecular formula is C17H15ClN2O4. The lowest BCUT2D eigenvalue weighted by molar-refractivity contribution is 0.0971. The van der Waals surface area contributed by atoms with Gasteiger partial charge in [-0.1, -0.05) is 11.6 Å². The van der Waals surface area contributed by atoms with Gasteiger partial charge in [-0.15, -0.1) is 0 Å². The molecule has 0 aliphatic heterocycles. The highest BCUT2D eigenvalue weighted by Gasteiger charge is 2.22. The SMILES string of the molecule is COc1ccc(Cl)cc1NC(=O)c1cc2c([nH]c1=O)CCCC2=O. The van der Waals surface area contributed by atoms with Crippen molar-refractivity contribution in [2.45, 2.75) is 19.3 Å². The third kappa shape index (κ3) is 3.05. The van der Waals surface area contributed by atoms with Crippen LogP contribution in [0.4, 0.5) is 5.69 Å². The number of halogens is 1. The molecule has 0 radical (unpaired) electrons. The number of hydrogen-bond donors (Lipinski definition) is 2. The average Bonchev–Trinajstić information content (AvgIpc) is 2.54. The topological polar surface area (TPSA) is 88.3 Å². The van der Waals surface area contributed by atoms with Gasteiger partial charge in [0.1, 0.15) is 11.3 Å². The Balaban J connectivity index is 1.96.